The lowest BCUT2D eigenvalue weighted by atomic mass is 10.00. The number of amides is 2. The van der Waals surface area contributed by atoms with Gasteiger partial charge in [-0.2, -0.15) is 0 Å². The molecule has 1 aliphatic carbocycles. The third-order valence-electron chi connectivity index (χ3n) is 4.31. The molecule has 1 saturated heterocycles. The number of aromatic carboxylic acids is 1. The lowest BCUT2D eigenvalue weighted by Crippen LogP contribution is -2.32. The molecule has 2 aliphatic rings. The quantitative estimate of drug-likeness (QED) is 0.846. The van der Waals surface area contributed by atoms with Gasteiger partial charge in [-0.05, 0) is 37.0 Å². The molecule has 0 aromatic heterocycles. The Bertz CT molecular complexity index is 633. The molecule has 2 fully saturated rings. The summed E-state index contributed by atoms with van der Waals surface area (Å²) in [5.41, 5.74) is -0.374. The summed E-state index contributed by atoms with van der Waals surface area (Å²) in [5.74, 6) is -3.31. The van der Waals surface area contributed by atoms with Gasteiger partial charge in [-0.1, -0.05) is 6.92 Å². The van der Waals surface area contributed by atoms with Gasteiger partial charge in [0.05, 0.1) is 23.1 Å². The summed E-state index contributed by atoms with van der Waals surface area (Å²) in [6.07, 6.45) is 1.28. The zero-order valence-corrected chi connectivity index (χ0v) is 11.4. The topological polar surface area (TPSA) is 74.7 Å². The highest BCUT2D eigenvalue weighted by Crippen LogP contribution is 2.44. The molecule has 1 heterocycles. The summed E-state index contributed by atoms with van der Waals surface area (Å²) >= 11 is 0. The van der Waals surface area contributed by atoms with Crippen molar-refractivity contribution in [1.82, 2.24) is 0 Å². The number of hydrogen-bond acceptors (Lipinski definition) is 3. The van der Waals surface area contributed by atoms with Crippen LogP contribution in [0.4, 0.5) is 10.1 Å². The maximum absolute atomic E-state index is 14.1. The van der Waals surface area contributed by atoms with Crippen molar-refractivity contribution in [3.8, 4) is 0 Å². The number of rotatable bonds is 2. The number of carbonyl (C=O) groups is 3. The average Bonchev–Trinajstić information content (AvgIpc) is 2.90. The van der Waals surface area contributed by atoms with E-state index < -0.39 is 11.8 Å². The van der Waals surface area contributed by atoms with Crippen LogP contribution in [0.15, 0.2) is 18.2 Å². The number of hydrogen-bond donors (Lipinski definition) is 1. The molecule has 2 amide bonds. The number of carboxylic acids is 1. The Labute approximate surface area is 120 Å². The van der Waals surface area contributed by atoms with Crippen LogP contribution in [0.3, 0.4) is 0 Å². The molecule has 2 atom stereocenters. The Hall–Kier alpha value is -2.24. The minimum atomic E-state index is -1.26. The summed E-state index contributed by atoms with van der Waals surface area (Å²) in [6, 6.07) is 3.20. The first-order chi connectivity index (χ1) is 9.90. The number of anilines is 1. The van der Waals surface area contributed by atoms with Crippen molar-refractivity contribution in [3.63, 3.8) is 0 Å². The zero-order chi connectivity index (χ0) is 15.3. The van der Waals surface area contributed by atoms with E-state index in [4.69, 9.17) is 5.11 Å². The van der Waals surface area contributed by atoms with Gasteiger partial charge in [0.25, 0.3) is 0 Å². The fourth-order valence-electron chi connectivity index (χ4n) is 3.34. The van der Waals surface area contributed by atoms with E-state index in [1.165, 1.54) is 12.1 Å². The second kappa shape index (κ2) is 4.65. The Morgan fingerprint density at radius 2 is 1.81 bits per heavy atom. The van der Waals surface area contributed by atoms with E-state index in [9.17, 15) is 18.8 Å². The van der Waals surface area contributed by atoms with E-state index in [0.717, 1.165) is 11.0 Å². The van der Waals surface area contributed by atoms with Crippen LogP contribution in [0.25, 0.3) is 0 Å². The van der Waals surface area contributed by atoms with Crippen LogP contribution in [0.1, 0.15) is 30.1 Å². The lowest BCUT2D eigenvalue weighted by molar-refractivity contribution is -0.123. The molecule has 1 N–H and O–H groups in total. The molecule has 1 aliphatic heterocycles. The normalized spacial score (nSPS) is 28.1. The van der Waals surface area contributed by atoms with Crippen LogP contribution in [-0.4, -0.2) is 22.9 Å². The van der Waals surface area contributed by atoms with Crippen molar-refractivity contribution in [2.24, 2.45) is 17.8 Å². The molecule has 110 valence electrons. The number of carboxylic acid groups (broad SMARTS) is 1. The van der Waals surface area contributed by atoms with Gasteiger partial charge in [0, 0.05) is 0 Å². The van der Waals surface area contributed by atoms with Crippen LogP contribution in [-0.2, 0) is 9.59 Å². The van der Waals surface area contributed by atoms with E-state index in [1.54, 1.807) is 0 Å². The van der Waals surface area contributed by atoms with E-state index in [-0.39, 0.29) is 34.9 Å². The number of nitrogens with zero attached hydrogens (tertiary/aromatic N) is 1. The fraction of sp³-hybridized carbons (Fsp3) is 0.400. The number of halogens is 1. The van der Waals surface area contributed by atoms with E-state index in [0.29, 0.717) is 18.8 Å². The van der Waals surface area contributed by atoms with Crippen LogP contribution in [0.5, 0.6) is 0 Å². The SMILES string of the molecule is CC1CC2C(=O)N(c3ccc(C(=O)O)cc3F)C(=O)C2C1. The molecule has 21 heavy (non-hydrogen) atoms. The van der Waals surface area contributed by atoms with Crippen molar-refractivity contribution < 1.29 is 23.9 Å². The van der Waals surface area contributed by atoms with Gasteiger partial charge in [0.15, 0.2) is 0 Å². The van der Waals surface area contributed by atoms with Crippen molar-refractivity contribution in [3.05, 3.63) is 29.6 Å². The van der Waals surface area contributed by atoms with Gasteiger partial charge in [0.1, 0.15) is 5.82 Å². The maximum Gasteiger partial charge on any atom is 0.335 e. The number of fused-ring (bicyclic) bond motifs is 1. The Morgan fingerprint density at radius 3 is 2.29 bits per heavy atom. The van der Waals surface area contributed by atoms with Gasteiger partial charge >= 0.3 is 5.97 Å². The van der Waals surface area contributed by atoms with E-state index >= 15 is 0 Å². The molecule has 0 bridgehead atoms. The monoisotopic (exact) mass is 291 g/mol. The van der Waals surface area contributed by atoms with Crippen molar-refractivity contribution in [2.45, 2.75) is 19.8 Å². The first-order valence-corrected chi connectivity index (χ1v) is 6.80. The molecule has 2 unspecified atom stereocenters. The molecule has 1 saturated carbocycles. The standard InChI is InChI=1S/C15H14FNO4/c1-7-4-9-10(5-7)14(19)17(13(9)18)12-3-2-8(15(20)21)6-11(12)16/h2-3,6-7,9-10H,4-5H2,1H3,(H,20,21). The predicted octanol–water partition coefficient (Wildman–Crippen LogP) is 2.06. The van der Waals surface area contributed by atoms with Gasteiger partial charge in [0.2, 0.25) is 11.8 Å². The molecule has 3 rings (SSSR count). The number of benzene rings is 1. The Morgan fingerprint density at radius 1 is 1.24 bits per heavy atom. The van der Waals surface area contributed by atoms with Gasteiger partial charge in [-0.3, -0.25) is 9.59 Å². The fourth-order valence-corrected chi connectivity index (χ4v) is 3.34. The van der Waals surface area contributed by atoms with Crippen LogP contribution >= 0.6 is 0 Å². The smallest absolute Gasteiger partial charge is 0.335 e. The summed E-state index contributed by atoms with van der Waals surface area (Å²) in [4.78, 5) is 36.3. The highest BCUT2D eigenvalue weighted by Gasteiger charge is 2.52. The highest BCUT2D eigenvalue weighted by molar-refractivity contribution is 6.22. The molecule has 5 nitrogen and oxygen atoms in total. The van der Waals surface area contributed by atoms with Crippen molar-refractivity contribution in [2.75, 3.05) is 4.90 Å². The second-order valence-electron chi connectivity index (χ2n) is 5.77. The molecule has 1 aromatic rings. The molecular formula is C15H14FNO4. The largest absolute Gasteiger partial charge is 0.478 e. The summed E-state index contributed by atoms with van der Waals surface area (Å²) in [5, 5.41) is 8.82. The summed E-state index contributed by atoms with van der Waals surface area (Å²) < 4.78 is 14.1. The molecule has 6 heteroatoms. The minimum Gasteiger partial charge on any atom is -0.478 e. The third-order valence-corrected chi connectivity index (χ3v) is 4.31. The molecule has 0 radical (unpaired) electrons. The third kappa shape index (κ3) is 2.02. The van der Waals surface area contributed by atoms with Gasteiger partial charge in [-0.15, -0.1) is 0 Å². The maximum atomic E-state index is 14.1. The van der Waals surface area contributed by atoms with Gasteiger partial charge < -0.3 is 5.11 Å². The Balaban J connectivity index is 1.97. The molecule has 0 spiro atoms. The average molecular weight is 291 g/mol. The summed E-state index contributed by atoms with van der Waals surface area (Å²) in [7, 11) is 0. The van der Waals surface area contributed by atoms with Crippen LogP contribution in [0, 0.1) is 23.6 Å². The van der Waals surface area contributed by atoms with Gasteiger partial charge in [-0.25, -0.2) is 14.1 Å². The summed E-state index contributed by atoms with van der Waals surface area (Å²) in [6.45, 7) is 1.99. The van der Waals surface area contributed by atoms with Crippen molar-refractivity contribution in [1.29, 1.82) is 0 Å². The Kier molecular flexibility index (Phi) is 3.04. The molecular weight excluding hydrogens is 277 g/mol. The van der Waals surface area contributed by atoms with E-state index in [1.807, 2.05) is 6.92 Å². The predicted molar refractivity (Wildman–Crippen MR) is 71.2 cm³/mol. The minimum absolute atomic E-state index is 0.156. The number of carbonyl (C=O) groups excluding carboxylic acids is 2. The highest BCUT2D eigenvalue weighted by atomic mass is 19.1. The second-order valence-corrected chi connectivity index (χ2v) is 5.77. The first-order valence-electron chi connectivity index (χ1n) is 6.80. The van der Waals surface area contributed by atoms with E-state index in [2.05, 4.69) is 0 Å². The first kappa shape index (κ1) is 13.7. The number of imide groups is 1. The lowest BCUT2D eigenvalue weighted by Gasteiger charge is -2.17. The van der Waals surface area contributed by atoms with Crippen molar-refractivity contribution >= 4 is 23.5 Å². The van der Waals surface area contributed by atoms with Crippen LogP contribution in [0.2, 0.25) is 0 Å². The van der Waals surface area contributed by atoms with Crippen LogP contribution < -0.4 is 4.90 Å². The zero-order valence-electron chi connectivity index (χ0n) is 11.4. The molecule has 1 aromatic carbocycles.